The number of nitrogens with zero attached hydrogens (tertiary/aromatic N) is 2. The van der Waals surface area contributed by atoms with Crippen molar-refractivity contribution in [1.29, 1.82) is 0 Å². The van der Waals surface area contributed by atoms with Crippen LogP contribution in [0.3, 0.4) is 0 Å². The number of ether oxygens (including phenoxy) is 1. The van der Waals surface area contributed by atoms with Gasteiger partial charge in [-0.3, -0.25) is 14.8 Å². The minimum atomic E-state index is -0.696. The van der Waals surface area contributed by atoms with Crippen molar-refractivity contribution >= 4 is 17.3 Å². The number of carbonyl (C=O) groups is 1. The van der Waals surface area contributed by atoms with E-state index in [4.69, 9.17) is 9.84 Å². The van der Waals surface area contributed by atoms with Crippen LogP contribution in [-0.4, -0.2) is 28.2 Å². The number of methoxy groups -OCH3 is 1. The largest absolute Gasteiger partial charge is 0.491 e. The molecule has 0 radical (unpaired) electrons. The summed E-state index contributed by atoms with van der Waals surface area (Å²) in [6, 6.07) is 12.2. The lowest BCUT2D eigenvalue weighted by molar-refractivity contribution is -0.138. The Morgan fingerprint density at radius 1 is 1.09 bits per heavy atom. The highest BCUT2D eigenvalue weighted by Crippen LogP contribution is 2.37. The number of benzene rings is 1. The molecule has 0 amide bonds. The Kier molecular flexibility index (Phi) is 6.63. The monoisotopic (exact) mass is 435 g/mol. The maximum absolute atomic E-state index is 13.8. The van der Waals surface area contributed by atoms with Gasteiger partial charge in [-0.2, -0.15) is 0 Å². The van der Waals surface area contributed by atoms with E-state index in [2.05, 4.69) is 39.6 Å². The Labute approximate surface area is 186 Å². The van der Waals surface area contributed by atoms with Crippen molar-refractivity contribution < 1.29 is 19.0 Å². The second kappa shape index (κ2) is 9.77. The summed E-state index contributed by atoms with van der Waals surface area (Å²) >= 11 is 0. The molecular weight excluding hydrogens is 409 g/mol. The number of hydrogen-bond donors (Lipinski definition) is 2. The first-order valence-electron chi connectivity index (χ1n) is 10.8. The zero-order valence-corrected chi connectivity index (χ0v) is 17.9. The molecule has 2 heterocycles. The van der Waals surface area contributed by atoms with Crippen molar-refractivity contribution in [2.75, 3.05) is 12.4 Å². The second-order valence-corrected chi connectivity index (χ2v) is 8.20. The van der Waals surface area contributed by atoms with Crippen LogP contribution in [-0.2, 0) is 4.79 Å². The summed E-state index contributed by atoms with van der Waals surface area (Å²) in [4.78, 5) is 19.3. The first-order valence-corrected chi connectivity index (χ1v) is 10.8. The van der Waals surface area contributed by atoms with Crippen molar-refractivity contribution in [3.05, 3.63) is 66.4 Å². The molecule has 32 heavy (non-hydrogen) atoms. The lowest BCUT2D eigenvalue weighted by atomic mass is 9.77. The maximum Gasteiger partial charge on any atom is 0.303 e. The van der Waals surface area contributed by atoms with Gasteiger partial charge in [0.2, 0.25) is 0 Å². The molecule has 0 bridgehead atoms. The predicted octanol–water partition coefficient (Wildman–Crippen LogP) is 5.78. The third-order valence-corrected chi connectivity index (χ3v) is 6.09. The van der Waals surface area contributed by atoms with Crippen LogP contribution in [0.4, 0.5) is 15.8 Å². The summed E-state index contributed by atoms with van der Waals surface area (Å²) < 4.78 is 18.9. The average molecular weight is 435 g/mol. The van der Waals surface area contributed by atoms with Crippen LogP contribution in [0.1, 0.15) is 43.6 Å². The molecule has 1 aromatic carbocycles. The molecular formula is C25H26FN3O3. The molecule has 7 heteroatoms. The Balaban J connectivity index is 1.40. The summed E-state index contributed by atoms with van der Waals surface area (Å²) in [5.41, 5.74) is 4.30. The fourth-order valence-corrected chi connectivity index (χ4v) is 4.39. The first-order chi connectivity index (χ1) is 15.5. The Bertz CT molecular complexity index is 1060. The highest BCUT2D eigenvalue weighted by atomic mass is 19.1. The summed E-state index contributed by atoms with van der Waals surface area (Å²) in [6.45, 7) is 0. The second-order valence-electron chi connectivity index (χ2n) is 8.20. The van der Waals surface area contributed by atoms with Crippen molar-refractivity contribution in [3.8, 4) is 17.0 Å². The molecule has 4 rings (SSSR count). The minimum absolute atomic E-state index is 0.108. The smallest absolute Gasteiger partial charge is 0.303 e. The maximum atomic E-state index is 13.8. The lowest BCUT2D eigenvalue weighted by Crippen LogP contribution is -2.16. The highest BCUT2D eigenvalue weighted by molar-refractivity contribution is 5.68. The van der Waals surface area contributed by atoms with Gasteiger partial charge in [0, 0.05) is 12.0 Å². The molecule has 6 nitrogen and oxygen atoms in total. The van der Waals surface area contributed by atoms with E-state index < -0.39 is 11.8 Å². The van der Waals surface area contributed by atoms with Crippen LogP contribution in [0.2, 0.25) is 0 Å². The van der Waals surface area contributed by atoms with Crippen LogP contribution in [0, 0.1) is 11.7 Å². The number of carboxylic acid groups (broad SMARTS) is 1. The Morgan fingerprint density at radius 3 is 2.47 bits per heavy atom. The van der Waals surface area contributed by atoms with Gasteiger partial charge >= 0.3 is 5.97 Å². The van der Waals surface area contributed by atoms with Gasteiger partial charge in [-0.1, -0.05) is 24.3 Å². The van der Waals surface area contributed by atoms with E-state index in [0.29, 0.717) is 23.2 Å². The molecule has 0 unspecified atom stereocenters. The number of pyridine rings is 2. The number of aliphatic carboxylic acids is 1. The quantitative estimate of drug-likeness (QED) is 0.489. The highest BCUT2D eigenvalue weighted by Gasteiger charge is 2.24. The minimum Gasteiger partial charge on any atom is -0.491 e. The van der Waals surface area contributed by atoms with E-state index >= 15 is 0 Å². The van der Waals surface area contributed by atoms with E-state index in [-0.39, 0.29) is 12.2 Å². The van der Waals surface area contributed by atoms with Gasteiger partial charge in [-0.15, -0.1) is 0 Å². The molecule has 0 aliphatic heterocycles. The predicted molar refractivity (Wildman–Crippen MR) is 121 cm³/mol. The summed E-state index contributed by atoms with van der Waals surface area (Å²) in [5, 5.41) is 12.1. The summed E-state index contributed by atoms with van der Waals surface area (Å²) in [7, 11) is 1.41. The molecule has 2 N–H and O–H groups in total. The van der Waals surface area contributed by atoms with E-state index in [0.717, 1.165) is 43.1 Å². The van der Waals surface area contributed by atoms with Gasteiger partial charge in [0.1, 0.15) is 5.69 Å². The van der Waals surface area contributed by atoms with Crippen molar-refractivity contribution in [2.24, 2.45) is 5.92 Å². The molecule has 3 aromatic rings. The number of hydrogen-bond acceptors (Lipinski definition) is 5. The number of anilines is 2. The van der Waals surface area contributed by atoms with E-state index in [1.165, 1.54) is 18.9 Å². The molecule has 1 fully saturated rings. The number of rotatable bonds is 7. The van der Waals surface area contributed by atoms with Crippen LogP contribution in [0.15, 0.2) is 55.0 Å². The van der Waals surface area contributed by atoms with Crippen molar-refractivity contribution in [1.82, 2.24) is 9.97 Å². The van der Waals surface area contributed by atoms with Gasteiger partial charge in [0.25, 0.3) is 0 Å². The first kappa shape index (κ1) is 21.7. The Hall–Kier alpha value is -3.48. The van der Waals surface area contributed by atoms with E-state index in [1.807, 2.05) is 12.1 Å². The third kappa shape index (κ3) is 5.04. The molecule has 1 aliphatic carbocycles. The molecule has 166 valence electrons. The third-order valence-electron chi connectivity index (χ3n) is 6.09. The molecule has 1 aliphatic rings. The van der Waals surface area contributed by atoms with Crippen LogP contribution in [0.25, 0.3) is 11.3 Å². The van der Waals surface area contributed by atoms with E-state index in [1.54, 1.807) is 6.20 Å². The SMILES string of the molecule is COc1c(F)cncc1Nc1ccc(-c2ccc(C3CCC(CC(=O)O)CC3)cc2)nc1. The molecule has 2 aromatic heterocycles. The average Bonchev–Trinajstić information content (AvgIpc) is 2.80. The topological polar surface area (TPSA) is 84.3 Å². The van der Waals surface area contributed by atoms with Gasteiger partial charge in [-0.25, -0.2) is 4.39 Å². The van der Waals surface area contributed by atoms with Gasteiger partial charge in [0.15, 0.2) is 11.6 Å². The number of halogens is 1. The normalized spacial score (nSPS) is 18.2. The van der Waals surface area contributed by atoms with Crippen molar-refractivity contribution in [3.63, 3.8) is 0 Å². The molecule has 0 saturated heterocycles. The van der Waals surface area contributed by atoms with Crippen molar-refractivity contribution in [2.45, 2.75) is 38.0 Å². The van der Waals surface area contributed by atoms with Gasteiger partial charge in [0.05, 0.1) is 37.1 Å². The van der Waals surface area contributed by atoms with Gasteiger partial charge in [-0.05, 0) is 55.2 Å². The zero-order chi connectivity index (χ0) is 22.5. The number of aromatic nitrogens is 2. The molecule has 1 saturated carbocycles. The zero-order valence-electron chi connectivity index (χ0n) is 17.9. The van der Waals surface area contributed by atoms with Crippen LogP contribution < -0.4 is 10.1 Å². The van der Waals surface area contributed by atoms with E-state index in [9.17, 15) is 9.18 Å². The fourth-order valence-electron chi connectivity index (χ4n) is 4.39. The number of carboxylic acids is 1. The van der Waals surface area contributed by atoms with Gasteiger partial charge < -0.3 is 15.2 Å². The molecule has 0 spiro atoms. The van der Waals surface area contributed by atoms with Crippen LogP contribution >= 0.6 is 0 Å². The van der Waals surface area contributed by atoms with Crippen LogP contribution in [0.5, 0.6) is 5.75 Å². The number of nitrogens with one attached hydrogen (secondary N) is 1. The molecule has 0 atom stereocenters. The summed E-state index contributed by atoms with van der Waals surface area (Å²) in [6.07, 6.45) is 8.60. The fraction of sp³-hybridized carbons (Fsp3) is 0.320. The Morgan fingerprint density at radius 2 is 1.84 bits per heavy atom. The lowest BCUT2D eigenvalue weighted by Gasteiger charge is -2.28. The standard InChI is InChI=1S/C25H26FN3O3/c1-32-25-21(26)14-27-15-23(25)29-20-10-11-22(28-13-20)19-8-6-18(7-9-19)17-4-2-16(3-5-17)12-24(30)31/h6-11,13-17,29H,2-5,12H2,1H3,(H,30,31). The summed E-state index contributed by atoms with van der Waals surface area (Å²) in [5.74, 6) is -0.321.